The van der Waals surface area contributed by atoms with E-state index in [-0.39, 0.29) is 31.1 Å². The van der Waals surface area contributed by atoms with Gasteiger partial charge in [-0.15, -0.1) is 0 Å². The molecule has 59 heavy (non-hydrogen) atoms. The number of ether oxygens (including phenoxy) is 3. The van der Waals surface area contributed by atoms with Crippen LogP contribution in [0.5, 0.6) is 0 Å². The Hall–Kier alpha value is -2.89. The van der Waals surface area contributed by atoms with Crippen molar-refractivity contribution in [2.45, 2.75) is 245 Å². The van der Waals surface area contributed by atoms with Crippen molar-refractivity contribution in [3.05, 3.63) is 60.8 Å². The molecule has 6 nitrogen and oxygen atoms in total. The van der Waals surface area contributed by atoms with Gasteiger partial charge in [0.1, 0.15) is 13.2 Å². The minimum atomic E-state index is -0.782. The lowest BCUT2D eigenvalue weighted by Crippen LogP contribution is -2.30. The zero-order chi connectivity index (χ0) is 43.0. The van der Waals surface area contributed by atoms with Crippen molar-refractivity contribution >= 4 is 17.9 Å². The number of hydrogen-bond donors (Lipinski definition) is 0. The van der Waals surface area contributed by atoms with Gasteiger partial charge in [-0.1, -0.05) is 197 Å². The second-order valence-electron chi connectivity index (χ2n) is 16.3. The van der Waals surface area contributed by atoms with Gasteiger partial charge in [-0.2, -0.15) is 0 Å². The second-order valence-corrected chi connectivity index (χ2v) is 16.3. The van der Waals surface area contributed by atoms with Crippen LogP contribution in [0.4, 0.5) is 0 Å². The van der Waals surface area contributed by atoms with Crippen LogP contribution in [0.15, 0.2) is 60.8 Å². The van der Waals surface area contributed by atoms with Gasteiger partial charge in [-0.3, -0.25) is 14.4 Å². The summed E-state index contributed by atoms with van der Waals surface area (Å²) in [4.78, 5) is 37.8. The fourth-order valence-corrected chi connectivity index (χ4v) is 6.78. The monoisotopic (exact) mass is 825 g/mol. The van der Waals surface area contributed by atoms with Crippen molar-refractivity contribution < 1.29 is 28.6 Å². The molecule has 0 saturated heterocycles. The van der Waals surface area contributed by atoms with Crippen molar-refractivity contribution in [1.82, 2.24) is 0 Å². The van der Waals surface area contributed by atoms with E-state index < -0.39 is 6.10 Å². The SMILES string of the molecule is CC/C=C\C/C=C\C/C=C\CCCCCCCCCC(=O)OCC(COC(=O)CCCCCCCCCC)OC(=O)CCCCCCC/C=C\C/C=C\CCCCCC. The maximum Gasteiger partial charge on any atom is 0.306 e. The molecule has 0 spiro atoms. The third-order valence-corrected chi connectivity index (χ3v) is 10.5. The number of carbonyl (C=O) groups is 3. The maximum absolute atomic E-state index is 12.7. The molecular weight excluding hydrogens is 733 g/mol. The number of esters is 3. The van der Waals surface area contributed by atoms with E-state index in [1.807, 2.05) is 0 Å². The number of rotatable bonds is 44. The molecule has 0 radical (unpaired) electrons. The molecule has 0 aromatic heterocycles. The molecule has 340 valence electrons. The number of allylic oxidation sites excluding steroid dienone is 10. The Morgan fingerprint density at radius 2 is 0.661 bits per heavy atom. The van der Waals surface area contributed by atoms with Crippen molar-refractivity contribution in [2.75, 3.05) is 13.2 Å². The van der Waals surface area contributed by atoms with E-state index in [4.69, 9.17) is 14.2 Å². The van der Waals surface area contributed by atoms with Gasteiger partial charge in [0.2, 0.25) is 0 Å². The van der Waals surface area contributed by atoms with E-state index in [9.17, 15) is 14.4 Å². The van der Waals surface area contributed by atoms with Crippen molar-refractivity contribution in [3.63, 3.8) is 0 Å². The first-order valence-electron chi connectivity index (χ1n) is 24.8. The highest BCUT2D eigenvalue weighted by Gasteiger charge is 2.19. The predicted molar refractivity (Wildman–Crippen MR) is 251 cm³/mol. The Morgan fingerprint density at radius 1 is 0.356 bits per heavy atom. The first-order chi connectivity index (χ1) is 29.0. The molecular formula is C53H92O6. The fraction of sp³-hybridized carbons (Fsp3) is 0.755. The third kappa shape index (κ3) is 46.0. The van der Waals surface area contributed by atoms with Crippen molar-refractivity contribution in [3.8, 4) is 0 Å². The molecule has 6 heteroatoms. The molecule has 0 bridgehead atoms. The van der Waals surface area contributed by atoms with Gasteiger partial charge in [-0.05, 0) is 83.5 Å². The summed E-state index contributed by atoms with van der Waals surface area (Å²) in [5, 5.41) is 0. The van der Waals surface area contributed by atoms with Gasteiger partial charge in [-0.25, -0.2) is 0 Å². The average molecular weight is 825 g/mol. The molecule has 0 amide bonds. The Morgan fingerprint density at radius 3 is 1.05 bits per heavy atom. The molecule has 1 atom stereocenters. The summed E-state index contributed by atoms with van der Waals surface area (Å²) in [6, 6.07) is 0. The highest BCUT2D eigenvalue weighted by Crippen LogP contribution is 2.14. The van der Waals surface area contributed by atoms with Crippen LogP contribution in [-0.2, 0) is 28.6 Å². The Bertz CT molecular complexity index is 1090. The van der Waals surface area contributed by atoms with E-state index in [0.717, 1.165) is 109 Å². The van der Waals surface area contributed by atoms with Crippen molar-refractivity contribution in [1.29, 1.82) is 0 Å². The van der Waals surface area contributed by atoms with E-state index in [0.29, 0.717) is 19.3 Å². The van der Waals surface area contributed by atoms with Crippen LogP contribution in [0.3, 0.4) is 0 Å². The highest BCUT2D eigenvalue weighted by molar-refractivity contribution is 5.71. The minimum Gasteiger partial charge on any atom is -0.462 e. The Labute approximate surface area is 364 Å². The summed E-state index contributed by atoms with van der Waals surface area (Å²) in [6.07, 6.45) is 57.8. The molecule has 0 heterocycles. The molecule has 0 fully saturated rings. The maximum atomic E-state index is 12.7. The van der Waals surface area contributed by atoms with Crippen LogP contribution in [0, 0.1) is 0 Å². The fourth-order valence-electron chi connectivity index (χ4n) is 6.78. The molecule has 0 aliphatic rings. The van der Waals surface area contributed by atoms with Gasteiger partial charge >= 0.3 is 17.9 Å². The van der Waals surface area contributed by atoms with Crippen LogP contribution in [-0.4, -0.2) is 37.2 Å². The first kappa shape index (κ1) is 56.1. The minimum absolute atomic E-state index is 0.0824. The number of carbonyl (C=O) groups excluding carboxylic acids is 3. The molecule has 0 N–H and O–H groups in total. The molecule has 0 rings (SSSR count). The quantitative estimate of drug-likeness (QED) is 0.0263. The highest BCUT2D eigenvalue weighted by atomic mass is 16.6. The van der Waals surface area contributed by atoms with Crippen LogP contribution in [0.1, 0.15) is 239 Å². The zero-order valence-corrected chi connectivity index (χ0v) is 38.8. The Kier molecular flexibility index (Phi) is 45.4. The lowest BCUT2D eigenvalue weighted by atomic mass is 10.1. The lowest BCUT2D eigenvalue weighted by Gasteiger charge is -2.18. The summed E-state index contributed by atoms with van der Waals surface area (Å²) in [5.41, 5.74) is 0. The summed E-state index contributed by atoms with van der Waals surface area (Å²) >= 11 is 0. The van der Waals surface area contributed by atoms with Crippen LogP contribution < -0.4 is 0 Å². The zero-order valence-electron chi connectivity index (χ0n) is 38.8. The topological polar surface area (TPSA) is 78.9 Å². The summed E-state index contributed by atoms with van der Waals surface area (Å²) in [6.45, 7) is 6.46. The largest absolute Gasteiger partial charge is 0.462 e. The van der Waals surface area contributed by atoms with E-state index >= 15 is 0 Å². The lowest BCUT2D eigenvalue weighted by molar-refractivity contribution is -0.167. The molecule has 0 aliphatic heterocycles. The van der Waals surface area contributed by atoms with E-state index in [1.54, 1.807) is 0 Å². The van der Waals surface area contributed by atoms with Crippen LogP contribution in [0.25, 0.3) is 0 Å². The summed E-state index contributed by atoms with van der Waals surface area (Å²) in [5.74, 6) is -0.909. The van der Waals surface area contributed by atoms with Crippen LogP contribution in [0.2, 0.25) is 0 Å². The molecule has 0 aliphatic carbocycles. The van der Waals surface area contributed by atoms with Gasteiger partial charge in [0.15, 0.2) is 6.10 Å². The Balaban J connectivity index is 4.34. The number of unbranched alkanes of at least 4 members (excludes halogenated alkanes) is 23. The van der Waals surface area contributed by atoms with Gasteiger partial charge < -0.3 is 14.2 Å². The molecule has 0 aromatic rings. The van der Waals surface area contributed by atoms with Crippen LogP contribution >= 0.6 is 0 Å². The summed E-state index contributed by atoms with van der Waals surface area (Å²) in [7, 11) is 0. The van der Waals surface area contributed by atoms with Gasteiger partial charge in [0.25, 0.3) is 0 Å². The van der Waals surface area contributed by atoms with E-state index in [1.165, 1.54) is 89.9 Å². The second kappa shape index (κ2) is 47.8. The third-order valence-electron chi connectivity index (χ3n) is 10.5. The molecule has 1 unspecified atom stereocenters. The number of hydrogen-bond acceptors (Lipinski definition) is 6. The molecule has 0 aromatic carbocycles. The average Bonchev–Trinajstić information content (AvgIpc) is 3.23. The predicted octanol–water partition coefficient (Wildman–Crippen LogP) is 16.1. The van der Waals surface area contributed by atoms with Crippen molar-refractivity contribution in [2.24, 2.45) is 0 Å². The van der Waals surface area contributed by atoms with E-state index in [2.05, 4.69) is 81.5 Å². The smallest absolute Gasteiger partial charge is 0.306 e. The first-order valence-corrected chi connectivity index (χ1v) is 24.8. The normalized spacial score (nSPS) is 12.5. The van der Waals surface area contributed by atoms with Gasteiger partial charge in [0.05, 0.1) is 0 Å². The standard InChI is InChI=1S/C53H92O6/c1-4-7-10-13-16-19-21-23-25-27-29-30-32-34-37-40-43-46-52(55)58-49-50(48-57-51(54)45-42-39-36-18-15-12-9-6-3)59-53(56)47-44-41-38-35-33-31-28-26-24-22-20-17-14-11-8-5-2/h7,10,16,19-20,22-23,25-26,28,50H,4-6,8-9,11-15,17-18,21,24,27,29-49H2,1-3H3/b10-7-,19-16-,22-20-,25-23-,28-26-. The summed E-state index contributed by atoms with van der Waals surface area (Å²) < 4.78 is 16.7. The van der Waals surface area contributed by atoms with Gasteiger partial charge in [0, 0.05) is 19.3 Å². The molecule has 0 saturated carbocycles.